The molecular formula is C32H27ClN2O6S. The van der Waals surface area contributed by atoms with Crippen molar-refractivity contribution < 1.29 is 28.9 Å². The molecule has 1 saturated heterocycles. The highest BCUT2D eigenvalue weighted by Gasteiger charge is 2.48. The predicted octanol–water partition coefficient (Wildman–Crippen LogP) is 6.86. The van der Waals surface area contributed by atoms with E-state index in [0.29, 0.717) is 51.3 Å². The third-order valence-corrected chi connectivity index (χ3v) is 8.35. The minimum absolute atomic E-state index is 0.00863. The predicted molar refractivity (Wildman–Crippen MR) is 163 cm³/mol. The van der Waals surface area contributed by atoms with Crippen LogP contribution >= 0.6 is 22.9 Å². The summed E-state index contributed by atoms with van der Waals surface area (Å²) in [6.07, 6.45) is 2.31. The van der Waals surface area contributed by atoms with E-state index in [-0.39, 0.29) is 24.0 Å². The molecule has 2 aliphatic heterocycles. The summed E-state index contributed by atoms with van der Waals surface area (Å²) in [5.74, 6) is -0.237. The largest absolute Gasteiger partial charge is 0.507 e. The van der Waals surface area contributed by atoms with Crippen LogP contribution in [-0.4, -0.2) is 41.1 Å². The minimum atomic E-state index is -0.989. The van der Waals surface area contributed by atoms with Crippen LogP contribution in [0.5, 0.6) is 17.2 Å². The van der Waals surface area contributed by atoms with Gasteiger partial charge in [-0.15, -0.1) is 0 Å². The van der Waals surface area contributed by atoms with Crippen molar-refractivity contribution in [2.45, 2.75) is 32.4 Å². The molecule has 1 aromatic heterocycles. The van der Waals surface area contributed by atoms with Crippen LogP contribution in [0, 0.1) is 0 Å². The fraction of sp³-hybridized carbons (Fsp3) is 0.219. The molecule has 0 saturated carbocycles. The number of aromatic nitrogens is 1. The van der Waals surface area contributed by atoms with Gasteiger partial charge in [-0.3, -0.25) is 14.5 Å². The number of aliphatic hydroxyl groups excluding tert-OH is 1. The van der Waals surface area contributed by atoms with E-state index in [1.807, 2.05) is 13.8 Å². The average molecular weight is 603 g/mol. The number of halogens is 1. The van der Waals surface area contributed by atoms with Gasteiger partial charge in [0.15, 0.2) is 16.6 Å². The number of nitrogens with zero attached hydrogens (tertiary/aromatic N) is 2. The van der Waals surface area contributed by atoms with Crippen LogP contribution in [0.4, 0.5) is 5.13 Å². The van der Waals surface area contributed by atoms with Gasteiger partial charge in [-0.2, -0.15) is 0 Å². The highest BCUT2D eigenvalue weighted by Crippen LogP contribution is 2.46. The number of hydrogen-bond acceptors (Lipinski definition) is 8. The SMILES string of the molecule is C=CCOc1ccc([C@@H]2C(=C(O)c3ccc4c(c3)C[C@H](C)O4)C(=O)C(=O)N2c2nc3ccc(Cl)cc3s2)cc1OCC. The van der Waals surface area contributed by atoms with Gasteiger partial charge in [0.1, 0.15) is 24.2 Å². The molecule has 0 spiro atoms. The third kappa shape index (κ3) is 4.88. The van der Waals surface area contributed by atoms with Crippen molar-refractivity contribution in [3.05, 3.63) is 94.5 Å². The maximum Gasteiger partial charge on any atom is 0.301 e. The summed E-state index contributed by atoms with van der Waals surface area (Å²) < 4.78 is 18.2. The fourth-order valence-corrected chi connectivity index (χ4v) is 6.56. The second-order valence-electron chi connectivity index (χ2n) is 9.97. The van der Waals surface area contributed by atoms with Crippen molar-refractivity contribution in [3.8, 4) is 17.2 Å². The van der Waals surface area contributed by atoms with E-state index < -0.39 is 17.7 Å². The van der Waals surface area contributed by atoms with Gasteiger partial charge in [-0.25, -0.2) is 4.98 Å². The molecule has 3 heterocycles. The standard InChI is InChI=1S/C32H27ClN2O6S/c1-4-12-40-24-11-6-18(15-25(24)39-5-2)28-27(29(36)19-7-10-23-20(14-19)13-17(3)41-23)30(37)31(38)35(28)32-34-22-9-8-21(33)16-26(22)42-32/h4,6-11,14-17,28,36H,1,5,12-13H2,2-3H3/t17-,28+/m0/s1. The Morgan fingerprint density at radius 3 is 2.79 bits per heavy atom. The van der Waals surface area contributed by atoms with Crippen molar-refractivity contribution in [2.75, 3.05) is 18.1 Å². The lowest BCUT2D eigenvalue weighted by Gasteiger charge is -2.24. The Morgan fingerprint density at radius 1 is 1.17 bits per heavy atom. The molecule has 42 heavy (non-hydrogen) atoms. The number of fused-ring (bicyclic) bond motifs is 2. The quantitative estimate of drug-likeness (QED) is 0.102. The summed E-state index contributed by atoms with van der Waals surface area (Å²) >= 11 is 7.44. The van der Waals surface area contributed by atoms with E-state index in [2.05, 4.69) is 11.6 Å². The van der Waals surface area contributed by atoms with E-state index in [4.69, 9.17) is 25.8 Å². The Hall–Kier alpha value is -4.34. The molecule has 2 atom stereocenters. The normalized spacial score (nSPS) is 19.2. The number of carbonyl (C=O) groups excluding carboxylic acids is 2. The molecule has 0 bridgehead atoms. The maximum atomic E-state index is 13.7. The second-order valence-corrected chi connectivity index (χ2v) is 11.4. The van der Waals surface area contributed by atoms with Crippen LogP contribution < -0.4 is 19.1 Å². The Morgan fingerprint density at radius 2 is 2.00 bits per heavy atom. The molecule has 0 radical (unpaired) electrons. The summed E-state index contributed by atoms with van der Waals surface area (Å²) in [5.41, 5.74) is 2.46. The first-order chi connectivity index (χ1) is 20.3. The molecule has 0 unspecified atom stereocenters. The monoisotopic (exact) mass is 602 g/mol. The number of benzene rings is 3. The molecule has 4 aromatic rings. The number of anilines is 1. The Kier molecular flexibility index (Phi) is 7.38. The van der Waals surface area contributed by atoms with Crippen molar-refractivity contribution in [2.24, 2.45) is 0 Å². The van der Waals surface area contributed by atoms with Gasteiger partial charge in [-0.05, 0) is 73.5 Å². The number of hydrogen-bond donors (Lipinski definition) is 1. The smallest absolute Gasteiger partial charge is 0.301 e. The number of thiazole rings is 1. The summed E-state index contributed by atoms with van der Waals surface area (Å²) in [6, 6.07) is 14.7. The highest BCUT2D eigenvalue weighted by molar-refractivity contribution is 7.22. The van der Waals surface area contributed by atoms with Gasteiger partial charge in [0.25, 0.3) is 5.78 Å². The number of Topliss-reactive ketones (excluding diaryl/α,β-unsaturated/α-hetero) is 1. The van der Waals surface area contributed by atoms with Gasteiger partial charge >= 0.3 is 5.91 Å². The van der Waals surface area contributed by atoms with Crippen LogP contribution in [0.25, 0.3) is 16.0 Å². The van der Waals surface area contributed by atoms with Crippen molar-refractivity contribution in [1.82, 2.24) is 4.98 Å². The van der Waals surface area contributed by atoms with Gasteiger partial charge in [0, 0.05) is 17.0 Å². The number of ether oxygens (including phenoxy) is 3. The summed E-state index contributed by atoms with van der Waals surface area (Å²) in [4.78, 5) is 33.4. The number of ketones is 1. The lowest BCUT2D eigenvalue weighted by Crippen LogP contribution is -2.29. The lowest BCUT2D eigenvalue weighted by molar-refractivity contribution is -0.132. The second kappa shape index (κ2) is 11.2. The zero-order valence-electron chi connectivity index (χ0n) is 22.9. The molecule has 10 heteroatoms. The molecule has 6 rings (SSSR count). The molecule has 0 aliphatic carbocycles. The molecule has 1 amide bonds. The molecule has 2 aliphatic rings. The van der Waals surface area contributed by atoms with Crippen LogP contribution in [0.2, 0.25) is 5.02 Å². The van der Waals surface area contributed by atoms with Crippen LogP contribution in [0.15, 0.2) is 72.8 Å². The van der Waals surface area contributed by atoms with Crippen molar-refractivity contribution >= 4 is 55.7 Å². The zero-order chi connectivity index (χ0) is 29.5. The molecule has 1 N–H and O–H groups in total. The highest BCUT2D eigenvalue weighted by atomic mass is 35.5. The molecule has 3 aromatic carbocycles. The van der Waals surface area contributed by atoms with E-state index >= 15 is 0 Å². The fourth-order valence-electron chi connectivity index (χ4n) is 5.29. The van der Waals surface area contributed by atoms with Gasteiger partial charge < -0.3 is 19.3 Å². The Balaban J connectivity index is 1.54. The van der Waals surface area contributed by atoms with E-state index in [1.54, 1.807) is 60.7 Å². The summed E-state index contributed by atoms with van der Waals surface area (Å²) in [6.45, 7) is 8.15. The van der Waals surface area contributed by atoms with Crippen molar-refractivity contribution in [1.29, 1.82) is 0 Å². The minimum Gasteiger partial charge on any atom is -0.507 e. The van der Waals surface area contributed by atoms with Gasteiger partial charge in [0.2, 0.25) is 0 Å². The number of amides is 1. The summed E-state index contributed by atoms with van der Waals surface area (Å²) in [7, 11) is 0. The van der Waals surface area contributed by atoms with E-state index in [1.165, 1.54) is 16.2 Å². The van der Waals surface area contributed by atoms with Crippen LogP contribution in [0.3, 0.4) is 0 Å². The first-order valence-corrected chi connectivity index (χ1v) is 14.7. The number of carbonyl (C=O) groups is 2. The van der Waals surface area contributed by atoms with Crippen LogP contribution in [0.1, 0.15) is 36.6 Å². The van der Waals surface area contributed by atoms with E-state index in [0.717, 1.165) is 16.0 Å². The lowest BCUT2D eigenvalue weighted by atomic mass is 9.94. The van der Waals surface area contributed by atoms with Gasteiger partial charge in [0.05, 0.1) is 28.4 Å². The molecule has 1 fully saturated rings. The van der Waals surface area contributed by atoms with Crippen LogP contribution in [-0.2, 0) is 16.0 Å². The van der Waals surface area contributed by atoms with E-state index in [9.17, 15) is 14.7 Å². The molecule has 8 nitrogen and oxygen atoms in total. The summed E-state index contributed by atoms with van der Waals surface area (Å²) in [5, 5.41) is 12.5. The molecule has 214 valence electrons. The first-order valence-electron chi connectivity index (χ1n) is 13.5. The number of rotatable bonds is 8. The Labute approximate surface area is 251 Å². The zero-order valence-corrected chi connectivity index (χ0v) is 24.5. The topological polar surface area (TPSA) is 98.2 Å². The average Bonchev–Trinajstić information content (AvgIpc) is 3.63. The van der Waals surface area contributed by atoms with Gasteiger partial charge in [-0.1, -0.05) is 41.7 Å². The number of aliphatic hydroxyl groups is 1. The first kappa shape index (κ1) is 27.8. The molecular weight excluding hydrogens is 576 g/mol. The maximum absolute atomic E-state index is 13.7. The van der Waals surface area contributed by atoms with Crippen molar-refractivity contribution in [3.63, 3.8) is 0 Å². The Bertz CT molecular complexity index is 1780. The third-order valence-electron chi connectivity index (χ3n) is 7.10.